The predicted octanol–water partition coefficient (Wildman–Crippen LogP) is 6.05. The van der Waals surface area contributed by atoms with Crippen molar-refractivity contribution in [2.75, 3.05) is 19.8 Å². The zero-order valence-corrected chi connectivity index (χ0v) is 25.1. The average Bonchev–Trinajstić information content (AvgIpc) is 3.08. The number of ether oxygens (including phenoxy) is 6. The van der Waals surface area contributed by atoms with Gasteiger partial charge in [0.25, 0.3) is 0 Å². The molecular weight excluding hydrogens is 554 g/mol. The van der Waals surface area contributed by atoms with Gasteiger partial charge in [-0.3, -0.25) is 0 Å². The predicted molar refractivity (Wildman–Crippen MR) is 169 cm³/mol. The van der Waals surface area contributed by atoms with Crippen LogP contribution in [0.25, 0.3) is 0 Å². The van der Waals surface area contributed by atoms with E-state index >= 15 is 0 Å². The first-order valence-electron chi connectivity index (χ1n) is 15.4. The smallest absolute Gasteiger partial charge is 0.186 e. The first-order valence-corrected chi connectivity index (χ1v) is 15.4. The molecule has 4 aromatic carbocycles. The van der Waals surface area contributed by atoms with E-state index in [2.05, 4.69) is 12.1 Å². The standard InChI is InChI=1S/C37H43NO6/c38-22-13-23-40-37-36(43-27-32-20-11-4-12-21-32)35(42-26-31-18-9-3-10-19-31)34(41-25-30-16-7-2-8-17-30)33(44-37)28-39-24-29-14-5-1-6-15-29/h1-12,14-21,33-37H,13,22-28,38H2/t33-,34+,35+,36-,37+/m1/s1. The quantitative estimate of drug-likeness (QED) is 0.148. The average molecular weight is 598 g/mol. The third-order valence-electron chi connectivity index (χ3n) is 7.47. The normalized spacial score (nSPS) is 21.7. The molecule has 1 aliphatic heterocycles. The van der Waals surface area contributed by atoms with E-state index in [0.29, 0.717) is 52.6 Å². The molecule has 1 aliphatic rings. The fourth-order valence-electron chi connectivity index (χ4n) is 5.16. The van der Waals surface area contributed by atoms with Crippen molar-refractivity contribution in [1.29, 1.82) is 0 Å². The molecule has 0 spiro atoms. The highest BCUT2D eigenvalue weighted by Crippen LogP contribution is 2.31. The summed E-state index contributed by atoms with van der Waals surface area (Å²) in [6.07, 6.45) is -2.04. The van der Waals surface area contributed by atoms with Gasteiger partial charge < -0.3 is 34.2 Å². The van der Waals surface area contributed by atoms with E-state index in [9.17, 15) is 0 Å². The third kappa shape index (κ3) is 9.81. The number of nitrogens with two attached hydrogens (primary N) is 1. The van der Waals surface area contributed by atoms with Crippen molar-refractivity contribution >= 4 is 0 Å². The Hall–Kier alpha value is -3.40. The largest absolute Gasteiger partial charge is 0.374 e. The molecule has 232 valence electrons. The highest BCUT2D eigenvalue weighted by molar-refractivity contribution is 5.16. The Kier molecular flexibility index (Phi) is 12.9. The molecular formula is C37H43NO6. The maximum atomic E-state index is 6.71. The van der Waals surface area contributed by atoms with E-state index < -0.39 is 30.7 Å². The topological polar surface area (TPSA) is 81.4 Å². The molecule has 4 aromatic rings. The van der Waals surface area contributed by atoms with Crippen molar-refractivity contribution in [1.82, 2.24) is 0 Å². The first-order chi connectivity index (χ1) is 21.8. The molecule has 0 unspecified atom stereocenters. The summed E-state index contributed by atoms with van der Waals surface area (Å²) in [7, 11) is 0. The van der Waals surface area contributed by atoms with Crippen LogP contribution in [0.5, 0.6) is 0 Å². The van der Waals surface area contributed by atoms with Crippen LogP contribution in [-0.4, -0.2) is 50.5 Å². The van der Waals surface area contributed by atoms with E-state index in [1.807, 2.05) is 109 Å². The van der Waals surface area contributed by atoms with Crippen molar-refractivity contribution < 1.29 is 28.4 Å². The molecule has 7 nitrogen and oxygen atoms in total. The molecule has 1 heterocycles. The first kappa shape index (κ1) is 32.0. The van der Waals surface area contributed by atoms with Gasteiger partial charge in [0.1, 0.15) is 24.4 Å². The van der Waals surface area contributed by atoms with Crippen LogP contribution in [0, 0.1) is 0 Å². The van der Waals surface area contributed by atoms with Gasteiger partial charge in [-0.1, -0.05) is 121 Å². The van der Waals surface area contributed by atoms with Gasteiger partial charge in [0.15, 0.2) is 6.29 Å². The van der Waals surface area contributed by atoms with Crippen molar-refractivity contribution in [3.63, 3.8) is 0 Å². The van der Waals surface area contributed by atoms with Gasteiger partial charge in [-0.15, -0.1) is 0 Å². The van der Waals surface area contributed by atoms with E-state index in [1.165, 1.54) is 0 Å². The Labute approximate surface area is 260 Å². The van der Waals surface area contributed by atoms with Gasteiger partial charge in [0.05, 0.1) is 39.6 Å². The SMILES string of the molecule is NCCCO[C@H]1O[C@H](COCc2ccccc2)[C@H](OCc2ccccc2)[C@H](OCc2ccccc2)[C@H]1OCc1ccccc1. The van der Waals surface area contributed by atoms with Gasteiger partial charge in [0.2, 0.25) is 0 Å². The van der Waals surface area contributed by atoms with E-state index in [0.717, 1.165) is 22.3 Å². The highest BCUT2D eigenvalue weighted by Gasteiger charge is 2.49. The van der Waals surface area contributed by atoms with Crippen molar-refractivity contribution in [3.05, 3.63) is 144 Å². The lowest BCUT2D eigenvalue weighted by molar-refractivity contribution is -0.328. The van der Waals surface area contributed by atoms with Crippen LogP contribution >= 0.6 is 0 Å². The fraction of sp³-hybridized carbons (Fsp3) is 0.351. The Morgan fingerprint density at radius 1 is 0.500 bits per heavy atom. The molecule has 7 heteroatoms. The molecule has 0 radical (unpaired) electrons. The zero-order valence-electron chi connectivity index (χ0n) is 25.1. The molecule has 0 aliphatic carbocycles. The molecule has 1 fully saturated rings. The maximum absolute atomic E-state index is 6.71. The number of benzene rings is 4. The zero-order chi connectivity index (χ0) is 30.2. The van der Waals surface area contributed by atoms with Gasteiger partial charge in [-0.05, 0) is 35.2 Å². The second-order valence-corrected chi connectivity index (χ2v) is 10.8. The lowest BCUT2D eigenvalue weighted by Gasteiger charge is -2.46. The second kappa shape index (κ2) is 17.8. The van der Waals surface area contributed by atoms with Gasteiger partial charge in [-0.2, -0.15) is 0 Å². The molecule has 0 aromatic heterocycles. The van der Waals surface area contributed by atoms with Crippen LogP contribution in [0.4, 0.5) is 0 Å². The number of hydrogen-bond donors (Lipinski definition) is 1. The second-order valence-electron chi connectivity index (χ2n) is 10.8. The van der Waals surface area contributed by atoms with Crippen molar-refractivity contribution in [3.8, 4) is 0 Å². The number of hydrogen-bond acceptors (Lipinski definition) is 7. The minimum Gasteiger partial charge on any atom is -0.374 e. The lowest BCUT2D eigenvalue weighted by atomic mass is 9.97. The Morgan fingerprint density at radius 2 is 0.932 bits per heavy atom. The summed E-state index contributed by atoms with van der Waals surface area (Å²) in [5, 5.41) is 0. The monoisotopic (exact) mass is 597 g/mol. The summed E-state index contributed by atoms with van der Waals surface area (Å²) in [4.78, 5) is 0. The van der Waals surface area contributed by atoms with Crippen molar-refractivity contribution in [2.24, 2.45) is 5.73 Å². The molecule has 2 N–H and O–H groups in total. The highest BCUT2D eigenvalue weighted by atomic mass is 16.7. The summed E-state index contributed by atoms with van der Waals surface area (Å²) in [5.41, 5.74) is 10.0. The molecule has 5 rings (SSSR count). The van der Waals surface area contributed by atoms with E-state index in [4.69, 9.17) is 34.2 Å². The Morgan fingerprint density at radius 3 is 1.41 bits per heavy atom. The lowest BCUT2D eigenvalue weighted by Crippen LogP contribution is -2.61. The minimum absolute atomic E-state index is 0.293. The summed E-state index contributed by atoms with van der Waals surface area (Å²) >= 11 is 0. The van der Waals surface area contributed by atoms with Crippen LogP contribution in [0.1, 0.15) is 28.7 Å². The maximum Gasteiger partial charge on any atom is 0.186 e. The molecule has 0 amide bonds. The Balaban J connectivity index is 1.41. The summed E-state index contributed by atoms with van der Waals surface area (Å²) in [5.74, 6) is 0. The van der Waals surface area contributed by atoms with E-state index in [-0.39, 0.29) is 0 Å². The van der Waals surface area contributed by atoms with Crippen LogP contribution in [-0.2, 0) is 54.8 Å². The van der Waals surface area contributed by atoms with Gasteiger partial charge in [0, 0.05) is 0 Å². The van der Waals surface area contributed by atoms with Crippen LogP contribution in [0.15, 0.2) is 121 Å². The third-order valence-corrected chi connectivity index (χ3v) is 7.47. The fourth-order valence-corrected chi connectivity index (χ4v) is 5.16. The van der Waals surface area contributed by atoms with Crippen LogP contribution in [0.2, 0.25) is 0 Å². The summed E-state index contributed by atoms with van der Waals surface area (Å²) in [6, 6.07) is 40.4. The molecule has 44 heavy (non-hydrogen) atoms. The number of rotatable bonds is 17. The summed E-state index contributed by atoms with van der Waals surface area (Å²) in [6.45, 7) is 2.84. The van der Waals surface area contributed by atoms with Crippen LogP contribution in [0.3, 0.4) is 0 Å². The molecule has 5 atom stereocenters. The van der Waals surface area contributed by atoms with Crippen molar-refractivity contribution in [2.45, 2.75) is 63.6 Å². The molecule has 0 saturated carbocycles. The van der Waals surface area contributed by atoms with E-state index in [1.54, 1.807) is 0 Å². The molecule has 0 bridgehead atoms. The van der Waals surface area contributed by atoms with Crippen LogP contribution < -0.4 is 5.73 Å². The summed E-state index contributed by atoms with van der Waals surface area (Å²) < 4.78 is 39.1. The molecule has 1 saturated heterocycles. The van der Waals surface area contributed by atoms with Gasteiger partial charge >= 0.3 is 0 Å². The minimum atomic E-state index is -0.701. The van der Waals surface area contributed by atoms with Gasteiger partial charge in [-0.25, -0.2) is 0 Å². The Bertz CT molecular complexity index is 1310.